The first kappa shape index (κ1) is 15.8. The summed E-state index contributed by atoms with van der Waals surface area (Å²) in [5.41, 5.74) is 0. The minimum absolute atomic E-state index is 0.0420. The Morgan fingerprint density at radius 3 is 2.70 bits per heavy atom. The number of rotatable bonds is 6. The van der Waals surface area contributed by atoms with Crippen LogP contribution in [0.3, 0.4) is 0 Å². The summed E-state index contributed by atoms with van der Waals surface area (Å²) < 4.78 is 34.5. The van der Waals surface area contributed by atoms with Crippen LogP contribution in [0.5, 0.6) is 0 Å². The van der Waals surface area contributed by atoms with E-state index in [0.29, 0.717) is 5.76 Å². The van der Waals surface area contributed by atoms with Crippen molar-refractivity contribution in [3.63, 3.8) is 0 Å². The van der Waals surface area contributed by atoms with E-state index >= 15 is 0 Å². The van der Waals surface area contributed by atoms with Gasteiger partial charge in [-0.3, -0.25) is 4.68 Å². The molecule has 0 saturated heterocycles. The molecule has 0 fully saturated rings. The van der Waals surface area contributed by atoms with E-state index in [1.807, 2.05) is 0 Å². The second-order valence-corrected chi connectivity index (χ2v) is 6.94. The van der Waals surface area contributed by atoms with E-state index in [0.717, 1.165) is 0 Å². The van der Waals surface area contributed by atoms with Crippen LogP contribution in [0.1, 0.15) is 11.8 Å². The molecule has 3 rings (SSSR count). The Balaban J connectivity index is 1.84. The molecule has 2 aromatic heterocycles. The van der Waals surface area contributed by atoms with Crippen LogP contribution >= 0.6 is 11.6 Å². The van der Waals surface area contributed by atoms with Gasteiger partial charge < -0.3 is 4.42 Å². The third-order valence-electron chi connectivity index (χ3n) is 3.31. The van der Waals surface area contributed by atoms with Gasteiger partial charge in [-0.25, -0.2) is 13.1 Å². The van der Waals surface area contributed by atoms with E-state index < -0.39 is 16.1 Å². The Morgan fingerprint density at radius 1 is 1.22 bits per heavy atom. The first-order chi connectivity index (χ1) is 11.1. The average molecular weight is 352 g/mol. The molecule has 0 aliphatic heterocycles. The lowest BCUT2D eigenvalue weighted by Crippen LogP contribution is -2.31. The Hall–Kier alpha value is -2.09. The maximum Gasteiger partial charge on any atom is 0.242 e. The molecule has 1 unspecified atom stereocenters. The van der Waals surface area contributed by atoms with Crippen molar-refractivity contribution in [2.45, 2.75) is 10.9 Å². The molecule has 0 spiro atoms. The molecule has 0 amide bonds. The van der Waals surface area contributed by atoms with Crippen LogP contribution in [0.4, 0.5) is 0 Å². The van der Waals surface area contributed by atoms with E-state index in [4.69, 9.17) is 16.0 Å². The Morgan fingerprint density at radius 2 is 2.04 bits per heavy atom. The summed E-state index contributed by atoms with van der Waals surface area (Å²) in [6.07, 6.45) is 4.91. The summed E-state index contributed by atoms with van der Waals surface area (Å²) in [4.78, 5) is 0.0420. The van der Waals surface area contributed by atoms with Crippen molar-refractivity contribution in [3.8, 4) is 0 Å². The van der Waals surface area contributed by atoms with Gasteiger partial charge in [-0.15, -0.1) is 0 Å². The second kappa shape index (κ2) is 6.57. The number of hydrogen-bond acceptors (Lipinski definition) is 4. The fourth-order valence-corrected chi connectivity index (χ4v) is 3.76. The van der Waals surface area contributed by atoms with Crippen molar-refractivity contribution in [3.05, 3.63) is 71.9 Å². The Bertz CT molecular complexity index is 827. The Kier molecular flexibility index (Phi) is 4.51. The highest BCUT2D eigenvalue weighted by Crippen LogP contribution is 2.22. The van der Waals surface area contributed by atoms with Crippen LogP contribution in [0.2, 0.25) is 5.02 Å². The highest BCUT2D eigenvalue weighted by molar-refractivity contribution is 7.89. The van der Waals surface area contributed by atoms with Crippen LogP contribution in [-0.2, 0) is 10.0 Å². The number of nitrogens with zero attached hydrogens (tertiary/aromatic N) is 2. The molecule has 120 valence electrons. The lowest BCUT2D eigenvalue weighted by Gasteiger charge is -2.16. The van der Waals surface area contributed by atoms with Gasteiger partial charge in [0.05, 0.1) is 11.3 Å². The van der Waals surface area contributed by atoms with Gasteiger partial charge in [-0.05, 0) is 30.3 Å². The number of halogens is 1. The van der Waals surface area contributed by atoms with E-state index in [1.165, 1.54) is 18.4 Å². The maximum absolute atomic E-state index is 12.4. The van der Waals surface area contributed by atoms with Crippen molar-refractivity contribution in [2.24, 2.45) is 0 Å². The third-order valence-corrected chi connectivity index (χ3v) is 5.23. The van der Waals surface area contributed by atoms with E-state index in [1.54, 1.807) is 47.4 Å². The molecule has 23 heavy (non-hydrogen) atoms. The minimum atomic E-state index is -3.73. The number of nitrogens with one attached hydrogen (secondary N) is 1. The van der Waals surface area contributed by atoms with Crippen LogP contribution in [0.25, 0.3) is 0 Å². The first-order valence-electron chi connectivity index (χ1n) is 6.84. The van der Waals surface area contributed by atoms with Crippen molar-refractivity contribution < 1.29 is 12.8 Å². The van der Waals surface area contributed by atoms with Gasteiger partial charge in [-0.1, -0.05) is 23.7 Å². The van der Waals surface area contributed by atoms with Gasteiger partial charge in [0, 0.05) is 18.9 Å². The summed E-state index contributed by atoms with van der Waals surface area (Å²) in [6.45, 7) is 0.0861. The normalized spacial score (nSPS) is 13.1. The summed E-state index contributed by atoms with van der Waals surface area (Å²) in [5, 5.41) is 4.33. The summed E-state index contributed by atoms with van der Waals surface area (Å²) in [5.74, 6) is 0.607. The van der Waals surface area contributed by atoms with Crippen molar-refractivity contribution in [2.75, 3.05) is 6.54 Å². The van der Waals surface area contributed by atoms with Crippen molar-refractivity contribution in [1.29, 1.82) is 0 Å². The average Bonchev–Trinajstić information content (AvgIpc) is 3.21. The molecule has 0 radical (unpaired) electrons. The fraction of sp³-hybridized carbons (Fsp3) is 0.133. The van der Waals surface area contributed by atoms with Crippen LogP contribution < -0.4 is 4.72 Å². The molecule has 1 N–H and O–H groups in total. The zero-order valence-corrected chi connectivity index (χ0v) is 13.5. The molecule has 0 aliphatic rings. The van der Waals surface area contributed by atoms with Crippen molar-refractivity contribution in [1.82, 2.24) is 14.5 Å². The van der Waals surface area contributed by atoms with Gasteiger partial charge in [0.2, 0.25) is 10.0 Å². The minimum Gasteiger partial charge on any atom is -0.467 e. The monoisotopic (exact) mass is 351 g/mol. The fourth-order valence-electron chi connectivity index (χ4n) is 2.20. The smallest absolute Gasteiger partial charge is 0.242 e. The number of sulfonamides is 1. The molecule has 6 nitrogen and oxygen atoms in total. The van der Waals surface area contributed by atoms with E-state index in [-0.39, 0.29) is 16.5 Å². The summed E-state index contributed by atoms with van der Waals surface area (Å²) in [7, 11) is -3.73. The molecule has 0 bridgehead atoms. The zero-order valence-electron chi connectivity index (χ0n) is 12.0. The topological polar surface area (TPSA) is 77.1 Å². The quantitative estimate of drug-likeness (QED) is 0.740. The molecule has 0 aliphatic carbocycles. The molecule has 3 aromatic rings. The molecular formula is C15H14ClN3O3S. The maximum atomic E-state index is 12.4. The predicted octanol–water partition coefficient (Wildman–Crippen LogP) is 2.70. The zero-order chi connectivity index (χ0) is 16.3. The van der Waals surface area contributed by atoms with Crippen LogP contribution in [0, 0.1) is 0 Å². The molecule has 1 aromatic carbocycles. The molecule has 2 heterocycles. The largest absolute Gasteiger partial charge is 0.467 e. The van der Waals surface area contributed by atoms with Gasteiger partial charge in [0.25, 0.3) is 0 Å². The van der Waals surface area contributed by atoms with Crippen LogP contribution in [0.15, 0.2) is 70.4 Å². The first-order valence-corrected chi connectivity index (χ1v) is 8.71. The van der Waals surface area contributed by atoms with E-state index in [2.05, 4.69) is 9.82 Å². The number of hydrogen-bond donors (Lipinski definition) is 1. The predicted molar refractivity (Wildman–Crippen MR) is 85.7 cm³/mol. The molecule has 1 atom stereocenters. The molecular weight excluding hydrogens is 338 g/mol. The number of furan rings is 1. The summed E-state index contributed by atoms with van der Waals surface area (Å²) >= 11 is 5.97. The standard InChI is InChI=1S/C15H14ClN3O3S/c16-12-5-1-2-7-15(12)23(20,21)18-11-13(14-6-3-10-22-14)19-9-4-8-17-19/h1-10,13,18H,11H2. The molecule has 0 saturated carbocycles. The molecule has 8 heteroatoms. The van der Waals surface area contributed by atoms with Gasteiger partial charge in [0.1, 0.15) is 16.7 Å². The van der Waals surface area contributed by atoms with Gasteiger partial charge in [-0.2, -0.15) is 5.10 Å². The number of benzene rings is 1. The highest BCUT2D eigenvalue weighted by Gasteiger charge is 2.22. The van der Waals surface area contributed by atoms with Crippen molar-refractivity contribution >= 4 is 21.6 Å². The van der Waals surface area contributed by atoms with Gasteiger partial charge in [0.15, 0.2) is 0 Å². The van der Waals surface area contributed by atoms with Crippen LogP contribution in [-0.4, -0.2) is 24.7 Å². The lowest BCUT2D eigenvalue weighted by atomic mass is 10.2. The Labute approximate surface area is 138 Å². The highest BCUT2D eigenvalue weighted by atomic mass is 35.5. The second-order valence-electron chi connectivity index (χ2n) is 4.80. The van der Waals surface area contributed by atoms with Gasteiger partial charge >= 0.3 is 0 Å². The van der Waals surface area contributed by atoms with E-state index in [9.17, 15) is 8.42 Å². The SMILES string of the molecule is O=S(=O)(NCC(c1ccco1)n1cccn1)c1ccccc1Cl. The number of aromatic nitrogens is 2. The third kappa shape index (κ3) is 3.47. The lowest BCUT2D eigenvalue weighted by molar-refractivity contribution is 0.402. The summed E-state index contributed by atoms with van der Waals surface area (Å²) in [6, 6.07) is 11.2.